The smallest absolute Gasteiger partial charge is 0.0491 e. The molecule has 2 heteroatoms. The first kappa shape index (κ1) is 10.8. The minimum Gasteiger partial charge on any atom is -0.358 e. The summed E-state index contributed by atoms with van der Waals surface area (Å²) >= 11 is 0. The van der Waals surface area contributed by atoms with Gasteiger partial charge in [0.05, 0.1) is 0 Å². The molecule has 1 heterocycles. The molecule has 1 aliphatic carbocycles. The summed E-state index contributed by atoms with van der Waals surface area (Å²) < 4.78 is 0. The zero-order chi connectivity index (χ0) is 12.0. The predicted octanol–water partition coefficient (Wildman–Crippen LogP) is 3.38. The highest BCUT2D eigenvalue weighted by atomic mass is 14.9. The minimum atomic E-state index is 0.546. The summed E-state index contributed by atoms with van der Waals surface area (Å²) in [5.74, 6) is 0. The molecule has 17 heavy (non-hydrogen) atoms. The summed E-state index contributed by atoms with van der Waals surface area (Å²) in [7, 11) is 0. The monoisotopic (exact) mass is 228 g/mol. The van der Waals surface area contributed by atoms with Crippen LogP contribution >= 0.6 is 0 Å². The van der Waals surface area contributed by atoms with Gasteiger partial charge in [0.2, 0.25) is 0 Å². The number of aryl methyl sites for hydroxylation is 3. The summed E-state index contributed by atoms with van der Waals surface area (Å²) in [6.07, 6.45) is 2.42. The molecule has 0 radical (unpaired) electrons. The number of hydrogen-bond donors (Lipinski definition) is 2. The van der Waals surface area contributed by atoms with Gasteiger partial charge in [0.25, 0.3) is 0 Å². The van der Waals surface area contributed by atoms with Crippen LogP contribution in [-0.2, 0) is 6.42 Å². The van der Waals surface area contributed by atoms with Crippen molar-refractivity contribution in [2.75, 3.05) is 6.54 Å². The van der Waals surface area contributed by atoms with Gasteiger partial charge in [0.15, 0.2) is 0 Å². The predicted molar refractivity (Wildman–Crippen MR) is 72.5 cm³/mol. The Labute approximate surface area is 102 Å². The van der Waals surface area contributed by atoms with Gasteiger partial charge in [0, 0.05) is 22.6 Å². The molecule has 0 spiro atoms. The van der Waals surface area contributed by atoms with Gasteiger partial charge >= 0.3 is 0 Å². The van der Waals surface area contributed by atoms with Crippen LogP contribution in [0, 0.1) is 13.8 Å². The third-order valence-electron chi connectivity index (χ3n) is 3.97. The van der Waals surface area contributed by atoms with Crippen molar-refractivity contribution in [2.45, 2.75) is 39.7 Å². The topological polar surface area (TPSA) is 27.8 Å². The van der Waals surface area contributed by atoms with E-state index in [9.17, 15) is 0 Å². The highest BCUT2D eigenvalue weighted by Gasteiger charge is 2.27. The first-order chi connectivity index (χ1) is 8.22. The number of aromatic nitrogens is 1. The van der Waals surface area contributed by atoms with Crippen LogP contribution in [0.15, 0.2) is 12.1 Å². The Morgan fingerprint density at radius 2 is 2.06 bits per heavy atom. The van der Waals surface area contributed by atoms with Gasteiger partial charge in [-0.05, 0) is 49.9 Å². The molecule has 0 bridgehead atoms. The van der Waals surface area contributed by atoms with Crippen LogP contribution < -0.4 is 5.32 Å². The van der Waals surface area contributed by atoms with E-state index in [4.69, 9.17) is 0 Å². The molecule has 2 aromatic rings. The molecule has 2 N–H and O–H groups in total. The van der Waals surface area contributed by atoms with E-state index in [1.165, 1.54) is 46.1 Å². The van der Waals surface area contributed by atoms with Crippen molar-refractivity contribution in [3.8, 4) is 0 Å². The van der Waals surface area contributed by atoms with Crippen molar-refractivity contribution < 1.29 is 0 Å². The van der Waals surface area contributed by atoms with Crippen molar-refractivity contribution in [3.05, 3.63) is 34.5 Å². The van der Waals surface area contributed by atoms with Gasteiger partial charge in [-0.3, -0.25) is 0 Å². The normalized spacial score (nSPS) is 18.9. The third kappa shape index (κ3) is 1.51. The van der Waals surface area contributed by atoms with Crippen LogP contribution in [0.3, 0.4) is 0 Å². The highest BCUT2D eigenvalue weighted by molar-refractivity contribution is 5.91. The number of benzene rings is 1. The molecule has 0 aliphatic heterocycles. The summed E-state index contributed by atoms with van der Waals surface area (Å²) in [6.45, 7) is 7.64. The Kier molecular flexibility index (Phi) is 2.48. The lowest BCUT2D eigenvalue weighted by Crippen LogP contribution is -2.18. The lowest BCUT2D eigenvalue weighted by atomic mass is 10.0. The second-order valence-electron chi connectivity index (χ2n) is 5.12. The number of H-pyrrole nitrogens is 1. The van der Waals surface area contributed by atoms with E-state index in [0.717, 1.165) is 6.54 Å². The number of hydrogen-bond acceptors (Lipinski definition) is 1. The summed E-state index contributed by atoms with van der Waals surface area (Å²) in [5.41, 5.74) is 7.08. The van der Waals surface area contributed by atoms with Crippen LogP contribution in [0.4, 0.5) is 0 Å². The Morgan fingerprint density at radius 1 is 1.29 bits per heavy atom. The van der Waals surface area contributed by atoms with Gasteiger partial charge in [0.1, 0.15) is 0 Å². The summed E-state index contributed by atoms with van der Waals surface area (Å²) in [4.78, 5) is 3.63. The first-order valence-electron chi connectivity index (χ1n) is 6.56. The molecule has 1 aromatic heterocycles. The quantitative estimate of drug-likeness (QED) is 0.810. The standard InChI is InChI=1S/C15H20N2/c1-4-16-11-7-8-12-14(11)13-9(2)5-6-10(3)15(13)17-12/h5-6,11,16-17H,4,7-8H2,1-3H3. The summed E-state index contributed by atoms with van der Waals surface area (Å²) in [5, 5.41) is 5.07. The largest absolute Gasteiger partial charge is 0.358 e. The van der Waals surface area contributed by atoms with Gasteiger partial charge in [-0.25, -0.2) is 0 Å². The van der Waals surface area contributed by atoms with Crippen molar-refractivity contribution in [1.82, 2.24) is 10.3 Å². The van der Waals surface area contributed by atoms with E-state index in [0.29, 0.717) is 6.04 Å². The Balaban J connectivity index is 2.26. The third-order valence-corrected chi connectivity index (χ3v) is 3.97. The average molecular weight is 228 g/mol. The van der Waals surface area contributed by atoms with Crippen molar-refractivity contribution >= 4 is 10.9 Å². The molecule has 1 aliphatic rings. The minimum absolute atomic E-state index is 0.546. The number of fused-ring (bicyclic) bond motifs is 3. The van der Waals surface area contributed by atoms with Gasteiger partial charge in [-0.15, -0.1) is 0 Å². The zero-order valence-electron chi connectivity index (χ0n) is 10.9. The van der Waals surface area contributed by atoms with Crippen molar-refractivity contribution in [2.24, 2.45) is 0 Å². The summed E-state index contributed by atoms with van der Waals surface area (Å²) in [6, 6.07) is 5.00. The molecule has 1 aromatic carbocycles. The zero-order valence-corrected chi connectivity index (χ0v) is 10.9. The van der Waals surface area contributed by atoms with Crippen molar-refractivity contribution in [3.63, 3.8) is 0 Å². The van der Waals surface area contributed by atoms with Crippen molar-refractivity contribution in [1.29, 1.82) is 0 Å². The van der Waals surface area contributed by atoms with Crippen LogP contribution in [0.25, 0.3) is 10.9 Å². The molecule has 0 fully saturated rings. The molecule has 2 nitrogen and oxygen atoms in total. The molecule has 90 valence electrons. The molecule has 1 atom stereocenters. The van der Waals surface area contributed by atoms with E-state index in [1.807, 2.05) is 0 Å². The van der Waals surface area contributed by atoms with E-state index < -0.39 is 0 Å². The van der Waals surface area contributed by atoms with Gasteiger partial charge < -0.3 is 10.3 Å². The molecule has 0 amide bonds. The fourth-order valence-corrected chi connectivity index (χ4v) is 3.15. The Bertz CT molecular complexity index is 566. The fourth-order valence-electron chi connectivity index (χ4n) is 3.15. The fraction of sp³-hybridized carbons (Fsp3) is 0.467. The van der Waals surface area contributed by atoms with E-state index in [1.54, 1.807) is 0 Å². The second-order valence-corrected chi connectivity index (χ2v) is 5.12. The maximum atomic E-state index is 3.63. The van der Waals surface area contributed by atoms with E-state index in [-0.39, 0.29) is 0 Å². The molecule has 3 rings (SSSR count). The number of rotatable bonds is 2. The van der Waals surface area contributed by atoms with Gasteiger partial charge in [-0.2, -0.15) is 0 Å². The Hall–Kier alpha value is -1.28. The molecule has 0 saturated heterocycles. The molecular formula is C15H20N2. The maximum absolute atomic E-state index is 3.63. The highest BCUT2D eigenvalue weighted by Crippen LogP contribution is 2.39. The molecular weight excluding hydrogens is 208 g/mol. The van der Waals surface area contributed by atoms with Crippen LogP contribution in [0.1, 0.15) is 41.8 Å². The lowest BCUT2D eigenvalue weighted by Gasteiger charge is -2.13. The van der Waals surface area contributed by atoms with Crippen LogP contribution in [-0.4, -0.2) is 11.5 Å². The first-order valence-corrected chi connectivity index (χ1v) is 6.56. The van der Waals surface area contributed by atoms with Gasteiger partial charge in [-0.1, -0.05) is 19.1 Å². The van der Waals surface area contributed by atoms with E-state index in [2.05, 4.69) is 43.2 Å². The average Bonchev–Trinajstić information content (AvgIpc) is 2.85. The maximum Gasteiger partial charge on any atom is 0.0491 e. The second kappa shape index (κ2) is 3.88. The van der Waals surface area contributed by atoms with E-state index >= 15 is 0 Å². The Morgan fingerprint density at radius 3 is 2.82 bits per heavy atom. The van der Waals surface area contributed by atoms with Crippen LogP contribution in [0.5, 0.6) is 0 Å². The number of aromatic amines is 1. The lowest BCUT2D eigenvalue weighted by molar-refractivity contribution is 0.551. The molecule has 1 unspecified atom stereocenters. The van der Waals surface area contributed by atoms with Crippen LogP contribution in [0.2, 0.25) is 0 Å². The SMILES string of the molecule is CCNC1CCc2[nH]c3c(C)ccc(C)c3c21. The molecule has 0 saturated carbocycles. The number of nitrogens with one attached hydrogen (secondary N) is 2.